The van der Waals surface area contributed by atoms with Gasteiger partial charge in [0.25, 0.3) is 0 Å². The van der Waals surface area contributed by atoms with Crippen molar-refractivity contribution in [3.63, 3.8) is 0 Å². The molecule has 0 aromatic heterocycles. The number of Topliss-reactive ketones (excluding diaryl/α,β-unsaturated/α-hetero) is 1. The molecule has 1 spiro atoms. The van der Waals surface area contributed by atoms with E-state index >= 15 is 0 Å². The van der Waals surface area contributed by atoms with Crippen molar-refractivity contribution in [3.05, 3.63) is 64.0 Å². The van der Waals surface area contributed by atoms with Gasteiger partial charge in [-0.25, -0.2) is 0 Å². The highest BCUT2D eigenvalue weighted by Gasteiger charge is 2.48. The Kier molecular flexibility index (Phi) is 3.02. The summed E-state index contributed by atoms with van der Waals surface area (Å²) in [5, 5.41) is 0. The van der Waals surface area contributed by atoms with E-state index in [1.54, 1.807) is 14.2 Å². The van der Waals surface area contributed by atoms with Crippen molar-refractivity contribution in [2.75, 3.05) is 14.2 Å². The van der Waals surface area contributed by atoms with Gasteiger partial charge in [-0.15, -0.1) is 0 Å². The molecule has 1 unspecified atom stereocenters. The minimum absolute atomic E-state index is 0.250. The molecule has 0 N–H and O–H groups in total. The molecular weight excluding hydrogens is 288 g/mol. The predicted molar refractivity (Wildman–Crippen MR) is 88.7 cm³/mol. The molecule has 0 amide bonds. The summed E-state index contributed by atoms with van der Waals surface area (Å²) in [6.45, 7) is 2.04. The van der Waals surface area contributed by atoms with Crippen LogP contribution in [0, 0.1) is 12.3 Å². The van der Waals surface area contributed by atoms with Crippen LogP contribution in [0.4, 0.5) is 0 Å². The van der Waals surface area contributed by atoms with E-state index in [1.165, 1.54) is 11.1 Å². The number of ketones is 1. The zero-order valence-corrected chi connectivity index (χ0v) is 13.7. The molecule has 0 aliphatic heterocycles. The Labute approximate surface area is 136 Å². The fourth-order valence-corrected chi connectivity index (χ4v) is 4.17. The van der Waals surface area contributed by atoms with Gasteiger partial charge in [-0.1, -0.05) is 6.08 Å². The Morgan fingerprint density at radius 3 is 2.65 bits per heavy atom. The molecule has 4 rings (SSSR count). The molecule has 0 bridgehead atoms. The lowest BCUT2D eigenvalue weighted by Gasteiger charge is -2.18. The molecule has 0 saturated carbocycles. The van der Waals surface area contributed by atoms with E-state index < -0.39 is 5.41 Å². The van der Waals surface area contributed by atoms with Crippen LogP contribution in [0.1, 0.15) is 34.3 Å². The van der Waals surface area contributed by atoms with Gasteiger partial charge in [0.1, 0.15) is 11.5 Å². The van der Waals surface area contributed by atoms with E-state index in [2.05, 4.69) is 18.2 Å². The average Bonchev–Trinajstić information content (AvgIpc) is 3.06. The molecule has 3 nitrogen and oxygen atoms in total. The Balaban J connectivity index is 1.75. The van der Waals surface area contributed by atoms with Gasteiger partial charge in [0.2, 0.25) is 0 Å². The number of rotatable bonds is 2. The summed E-state index contributed by atoms with van der Waals surface area (Å²) in [6.07, 6.45) is 8.76. The van der Waals surface area contributed by atoms with Crippen molar-refractivity contribution in [1.29, 1.82) is 0 Å². The zero-order valence-electron chi connectivity index (χ0n) is 13.7. The first kappa shape index (κ1) is 14.3. The number of ether oxygens (including phenoxy) is 2. The highest BCUT2D eigenvalue weighted by Crippen LogP contribution is 2.52. The van der Waals surface area contributed by atoms with Crippen molar-refractivity contribution in [2.24, 2.45) is 5.41 Å². The number of benzene rings is 1. The lowest BCUT2D eigenvalue weighted by molar-refractivity contribution is 0.0880. The number of methoxy groups -OCH3 is 2. The van der Waals surface area contributed by atoms with E-state index in [1.807, 2.05) is 19.1 Å². The first-order chi connectivity index (χ1) is 11.1. The van der Waals surface area contributed by atoms with Crippen LogP contribution in [-0.2, 0) is 11.2 Å². The summed E-state index contributed by atoms with van der Waals surface area (Å²) in [5.74, 6) is 2.01. The molecule has 0 saturated heterocycles. The van der Waals surface area contributed by atoms with Crippen LogP contribution < -0.4 is 4.74 Å². The summed E-state index contributed by atoms with van der Waals surface area (Å²) >= 11 is 0. The van der Waals surface area contributed by atoms with Crippen molar-refractivity contribution in [3.8, 4) is 5.75 Å². The molecule has 3 heteroatoms. The van der Waals surface area contributed by atoms with Crippen LogP contribution in [0.25, 0.3) is 0 Å². The molecule has 3 aliphatic rings. The molecule has 23 heavy (non-hydrogen) atoms. The third-order valence-corrected chi connectivity index (χ3v) is 5.40. The van der Waals surface area contributed by atoms with Crippen molar-refractivity contribution >= 4 is 5.78 Å². The Bertz CT molecular complexity index is 810. The van der Waals surface area contributed by atoms with Crippen LogP contribution in [0.5, 0.6) is 5.75 Å². The van der Waals surface area contributed by atoms with Crippen LogP contribution in [0.2, 0.25) is 0 Å². The summed E-state index contributed by atoms with van der Waals surface area (Å²) in [5.41, 5.74) is 5.21. The maximum atomic E-state index is 13.1. The highest BCUT2D eigenvalue weighted by molar-refractivity contribution is 6.07. The fourth-order valence-electron chi connectivity index (χ4n) is 4.17. The van der Waals surface area contributed by atoms with Gasteiger partial charge in [0.05, 0.1) is 19.6 Å². The van der Waals surface area contributed by atoms with Crippen molar-refractivity contribution < 1.29 is 14.3 Å². The van der Waals surface area contributed by atoms with Crippen molar-refractivity contribution in [2.45, 2.75) is 26.2 Å². The molecule has 3 aliphatic carbocycles. The lowest BCUT2D eigenvalue weighted by Crippen LogP contribution is -2.23. The molecule has 1 aromatic carbocycles. The number of hydrogen-bond acceptors (Lipinski definition) is 3. The number of fused-ring (bicyclic) bond motifs is 2. The maximum Gasteiger partial charge on any atom is 0.173 e. The minimum Gasteiger partial charge on any atom is -0.497 e. The Hall–Kier alpha value is -2.29. The largest absolute Gasteiger partial charge is 0.497 e. The van der Waals surface area contributed by atoms with E-state index in [-0.39, 0.29) is 5.78 Å². The second kappa shape index (κ2) is 4.85. The second-order valence-electron chi connectivity index (χ2n) is 6.61. The van der Waals surface area contributed by atoms with E-state index in [0.717, 1.165) is 47.5 Å². The third kappa shape index (κ3) is 1.92. The zero-order chi connectivity index (χ0) is 16.2. The maximum absolute atomic E-state index is 13.1. The van der Waals surface area contributed by atoms with Gasteiger partial charge in [-0.3, -0.25) is 4.79 Å². The fraction of sp³-hybridized carbons (Fsp3) is 0.350. The first-order valence-electron chi connectivity index (χ1n) is 7.96. The van der Waals surface area contributed by atoms with Gasteiger partial charge < -0.3 is 9.47 Å². The van der Waals surface area contributed by atoms with Crippen LogP contribution in [0.3, 0.4) is 0 Å². The number of carbonyl (C=O) groups is 1. The molecule has 1 aromatic rings. The van der Waals surface area contributed by atoms with E-state index in [9.17, 15) is 4.79 Å². The van der Waals surface area contributed by atoms with Gasteiger partial charge in [-0.2, -0.15) is 0 Å². The average molecular weight is 308 g/mol. The lowest BCUT2D eigenvalue weighted by atomic mass is 9.82. The van der Waals surface area contributed by atoms with Gasteiger partial charge in [0.15, 0.2) is 5.78 Å². The summed E-state index contributed by atoms with van der Waals surface area (Å²) < 4.78 is 10.8. The smallest absolute Gasteiger partial charge is 0.173 e. The summed E-state index contributed by atoms with van der Waals surface area (Å²) in [7, 11) is 3.37. The molecule has 118 valence electrons. The van der Waals surface area contributed by atoms with Crippen LogP contribution in [0.15, 0.2) is 47.3 Å². The summed E-state index contributed by atoms with van der Waals surface area (Å²) in [6, 6.07) is 3.83. The summed E-state index contributed by atoms with van der Waals surface area (Å²) in [4.78, 5) is 13.1. The van der Waals surface area contributed by atoms with Gasteiger partial charge >= 0.3 is 0 Å². The van der Waals surface area contributed by atoms with Gasteiger partial charge in [-0.05, 0) is 72.7 Å². The number of carbonyl (C=O) groups excluding carboxylic acids is 1. The molecule has 0 heterocycles. The normalized spacial score (nSPS) is 24.8. The van der Waals surface area contributed by atoms with Gasteiger partial charge in [0, 0.05) is 5.56 Å². The van der Waals surface area contributed by atoms with Crippen LogP contribution in [-0.4, -0.2) is 20.0 Å². The van der Waals surface area contributed by atoms with Crippen LogP contribution >= 0.6 is 0 Å². The Morgan fingerprint density at radius 1 is 1.09 bits per heavy atom. The highest BCUT2D eigenvalue weighted by atomic mass is 16.5. The quantitative estimate of drug-likeness (QED) is 0.830. The van der Waals surface area contributed by atoms with E-state index in [0.29, 0.717) is 0 Å². The molecule has 0 fully saturated rings. The Morgan fingerprint density at radius 2 is 1.91 bits per heavy atom. The monoisotopic (exact) mass is 308 g/mol. The van der Waals surface area contributed by atoms with Crippen molar-refractivity contribution in [1.82, 2.24) is 0 Å². The third-order valence-electron chi connectivity index (χ3n) is 5.40. The molecular formula is C20H20O3. The minimum atomic E-state index is -0.405. The molecule has 1 atom stereocenters. The predicted octanol–water partition coefficient (Wildman–Crippen LogP) is 3.92. The van der Waals surface area contributed by atoms with E-state index in [4.69, 9.17) is 9.47 Å². The SMILES string of the molecule is COC1=CCC2=CC3(CC2=C1)Cc1c(ccc(OC)c1C)C3=O. The number of allylic oxidation sites excluding steroid dienone is 5. The standard InChI is InChI=1S/C20H20O3/c1-12-17-11-20(19(21)16(17)6-7-18(12)23-3)9-13-4-5-15(22-2)8-14(13)10-20/h5-9H,4,10-11H2,1-3H3. The topological polar surface area (TPSA) is 35.5 Å². The molecule has 0 radical (unpaired) electrons. The first-order valence-corrected chi connectivity index (χ1v) is 7.96. The number of hydrogen-bond donors (Lipinski definition) is 0. The second-order valence-corrected chi connectivity index (χ2v) is 6.61.